The lowest BCUT2D eigenvalue weighted by Gasteiger charge is -2.19. The van der Waals surface area contributed by atoms with E-state index < -0.39 is 18.1 Å². The number of hydrogen-bond acceptors (Lipinski definition) is 4. The zero-order valence-electron chi connectivity index (χ0n) is 16.5. The number of rotatable bonds is 10. The van der Waals surface area contributed by atoms with E-state index in [9.17, 15) is 9.59 Å². The van der Waals surface area contributed by atoms with Crippen molar-refractivity contribution < 1.29 is 19.4 Å². The van der Waals surface area contributed by atoms with Crippen LogP contribution in [-0.2, 0) is 9.53 Å². The number of carboxylic acid groups (broad SMARTS) is 1. The second-order valence-corrected chi connectivity index (χ2v) is 7.21. The minimum atomic E-state index is -0.992. The molecule has 0 radical (unpaired) electrons. The highest BCUT2D eigenvalue weighted by atomic mass is 16.5. The van der Waals surface area contributed by atoms with Crippen LogP contribution in [0, 0.1) is 0 Å². The molecule has 3 rings (SSSR count). The molecule has 1 unspecified atom stereocenters. The maximum Gasteiger partial charge on any atom is 0.407 e. The normalized spacial score (nSPS) is 12.9. The van der Waals surface area contributed by atoms with Gasteiger partial charge >= 0.3 is 12.1 Å². The van der Waals surface area contributed by atoms with Crippen molar-refractivity contribution in [1.82, 2.24) is 5.32 Å². The van der Waals surface area contributed by atoms with Gasteiger partial charge in [0.1, 0.15) is 6.61 Å². The summed E-state index contributed by atoms with van der Waals surface area (Å²) in [6, 6.07) is 15.6. The average Bonchev–Trinajstić information content (AvgIpc) is 3.05. The third-order valence-corrected chi connectivity index (χ3v) is 5.21. The minimum absolute atomic E-state index is 0.0510. The minimum Gasteiger partial charge on any atom is -0.481 e. The molecule has 1 aliphatic rings. The van der Waals surface area contributed by atoms with Gasteiger partial charge in [-0.3, -0.25) is 4.79 Å². The van der Waals surface area contributed by atoms with Gasteiger partial charge in [0.2, 0.25) is 0 Å². The predicted octanol–water partition coefficient (Wildman–Crippen LogP) is 4.85. The van der Waals surface area contributed by atoms with Gasteiger partial charge in [-0.25, -0.2) is 4.79 Å². The Morgan fingerprint density at radius 2 is 1.73 bits per heavy atom. The summed E-state index contributed by atoms with van der Waals surface area (Å²) in [5, 5.41) is 15.2. The van der Waals surface area contributed by atoms with Crippen LogP contribution in [0.3, 0.4) is 0 Å². The van der Waals surface area contributed by atoms with Crippen molar-refractivity contribution in [3.63, 3.8) is 0 Å². The number of benzene rings is 2. The Morgan fingerprint density at radius 3 is 2.33 bits per heavy atom. The maximum atomic E-state index is 12.4. The molecule has 1 amide bonds. The molecule has 0 saturated heterocycles. The molecular formula is C22H24N4O4. The van der Waals surface area contributed by atoms with Gasteiger partial charge in [0.05, 0.1) is 6.42 Å². The lowest BCUT2D eigenvalue weighted by molar-refractivity contribution is -0.137. The molecule has 1 atom stereocenters. The molecule has 0 heterocycles. The molecule has 0 saturated carbocycles. The molecule has 156 valence electrons. The number of nitrogens with one attached hydrogen (secondary N) is 1. The summed E-state index contributed by atoms with van der Waals surface area (Å²) < 4.78 is 5.49. The molecule has 1 aliphatic carbocycles. The SMILES string of the molecule is [N-]=[N+]=NCCCCC(CC(=O)O)NC(=O)OCC1c2ccccc2-c2ccccc21. The van der Waals surface area contributed by atoms with Crippen LogP contribution in [0.1, 0.15) is 42.7 Å². The van der Waals surface area contributed by atoms with E-state index in [-0.39, 0.29) is 18.9 Å². The molecule has 8 heteroatoms. The second kappa shape index (κ2) is 10.3. The third kappa shape index (κ3) is 5.30. The van der Waals surface area contributed by atoms with Gasteiger partial charge in [0, 0.05) is 23.4 Å². The fourth-order valence-corrected chi connectivity index (χ4v) is 3.86. The second-order valence-electron chi connectivity index (χ2n) is 7.21. The fourth-order valence-electron chi connectivity index (χ4n) is 3.86. The summed E-state index contributed by atoms with van der Waals surface area (Å²) >= 11 is 0. The number of carbonyl (C=O) groups excluding carboxylic acids is 1. The number of azide groups is 1. The number of aliphatic carboxylic acids is 1. The third-order valence-electron chi connectivity index (χ3n) is 5.21. The summed E-state index contributed by atoms with van der Waals surface area (Å²) in [6.07, 6.45) is 0.925. The zero-order chi connectivity index (χ0) is 21.3. The van der Waals surface area contributed by atoms with Crippen LogP contribution < -0.4 is 5.32 Å². The monoisotopic (exact) mass is 408 g/mol. The highest BCUT2D eigenvalue weighted by molar-refractivity contribution is 5.79. The molecular weight excluding hydrogens is 384 g/mol. The van der Waals surface area contributed by atoms with Crippen molar-refractivity contribution in [3.8, 4) is 11.1 Å². The van der Waals surface area contributed by atoms with E-state index in [2.05, 4.69) is 27.5 Å². The number of hydrogen-bond donors (Lipinski definition) is 2. The van der Waals surface area contributed by atoms with E-state index in [1.54, 1.807) is 0 Å². The van der Waals surface area contributed by atoms with Crippen LogP contribution in [0.25, 0.3) is 21.6 Å². The number of ether oxygens (including phenoxy) is 1. The number of carboxylic acids is 1. The Balaban J connectivity index is 1.58. The first-order valence-corrected chi connectivity index (χ1v) is 9.94. The van der Waals surface area contributed by atoms with E-state index in [4.69, 9.17) is 15.4 Å². The van der Waals surface area contributed by atoms with Gasteiger partial charge in [-0.1, -0.05) is 60.1 Å². The smallest absolute Gasteiger partial charge is 0.407 e. The Kier molecular flexibility index (Phi) is 7.29. The summed E-state index contributed by atoms with van der Waals surface area (Å²) in [6.45, 7) is 0.526. The molecule has 30 heavy (non-hydrogen) atoms. The largest absolute Gasteiger partial charge is 0.481 e. The number of alkyl carbamates (subject to hydrolysis) is 1. The van der Waals surface area contributed by atoms with Crippen molar-refractivity contribution in [3.05, 3.63) is 70.1 Å². The van der Waals surface area contributed by atoms with Crippen molar-refractivity contribution in [2.24, 2.45) is 5.11 Å². The van der Waals surface area contributed by atoms with Crippen LogP contribution in [0.4, 0.5) is 4.79 Å². The van der Waals surface area contributed by atoms with Gasteiger partial charge in [0.15, 0.2) is 0 Å². The van der Waals surface area contributed by atoms with Gasteiger partial charge < -0.3 is 15.2 Å². The highest BCUT2D eigenvalue weighted by Crippen LogP contribution is 2.44. The van der Waals surface area contributed by atoms with E-state index in [1.165, 1.54) is 0 Å². The lowest BCUT2D eigenvalue weighted by Crippen LogP contribution is -2.37. The molecule has 2 aromatic carbocycles. The standard InChI is InChI=1S/C22H24N4O4/c23-26-24-12-6-5-7-15(13-21(27)28)25-22(29)30-14-20-18-10-3-1-8-16(18)17-9-2-4-11-19(17)20/h1-4,8-11,15,20H,5-7,12-14H2,(H,25,29)(H,27,28). The fraction of sp³-hybridized carbons (Fsp3) is 0.364. The van der Waals surface area contributed by atoms with Crippen molar-refractivity contribution in [2.75, 3.05) is 13.2 Å². The van der Waals surface area contributed by atoms with Gasteiger partial charge in [0.25, 0.3) is 0 Å². The number of amides is 1. The molecule has 8 nitrogen and oxygen atoms in total. The molecule has 2 N–H and O–H groups in total. The number of nitrogens with zero attached hydrogens (tertiary/aromatic N) is 3. The molecule has 0 spiro atoms. The van der Waals surface area contributed by atoms with Crippen LogP contribution >= 0.6 is 0 Å². The summed E-state index contributed by atoms with van der Waals surface area (Å²) in [5.74, 6) is -1.04. The Morgan fingerprint density at radius 1 is 1.10 bits per heavy atom. The van der Waals surface area contributed by atoms with E-state index in [0.717, 1.165) is 22.3 Å². The molecule has 0 aliphatic heterocycles. The van der Waals surface area contributed by atoms with Gasteiger partial charge in [-0.05, 0) is 40.6 Å². The topological polar surface area (TPSA) is 124 Å². The zero-order valence-corrected chi connectivity index (χ0v) is 16.5. The summed E-state index contributed by atoms with van der Waals surface area (Å²) in [4.78, 5) is 26.2. The predicted molar refractivity (Wildman–Crippen MR) is 112 cm³/mol. The average molecular weight is 408 g/mol. The van der Waals surface area contributed by atoms with Crippen LogP contribution in [0.15, 0.2) is 53.6 Å². The number of fused-ring (bicyclic) bond motifs is 3. The number of unbranched alkanes of at least 4 members (excludes halogenated alkanes) is 1. The molecule has 0 bridgehead atoms. The molecule has 0 aromatic heterocycles. The Labute approximate surface area is 174 Å². The quantitative estimate of drug-likeness (QED) is 0.252. The highest BCUT2D eigenvalue weighted by Gasteiger charge is 2.29. The Bertz CT molecular complexity index is 910. The summed E-state index contributed by atoms with van der Waals surface area (Å²) in [7, 11) is 0. The van der Waals surface area contributed by atoms with Crippen LogP contribution in [0.2, 0.25) is 0 Å². The lowest BCUT2D eigenvalue weighted by atomic mass is 9.98. The Hall–Kier alpha value is -3.51. The van der Waals surface area contributed by atoms with Gasteiger partial charge in [-0.15, -0.1) is 0 Å². The van der Waals surface area contributed by atoms with E-state index >= 15 is 0 Å². The van der Waals surface area contributed by atoms with Crippen molar-refractivity contribution >= 4 is 12.1 Å². The van der Waals surface area contributed by atoms with Crippen molar-refractivity contribution in [1.29, 1.82) is 0 Å². The van der Waals surface area contributed by atoms with E-state index in [1.807, 2.05) is 36.4 Å². The van der Waals surface area contributed by atoms with Gasteiger partial charge in [-0.2, -0.15) is 0 Å². The van der Waals surface area contributed by atoms with Crippen LogP contribution in [-0.4, -0.2) is 36.4 Å². The van der Waals surface area contributed by atoms with E-state index in [0.29, 0.717) is 25.8 Å². The summed E-state index contributed by atoms with van der Waals surface area (Å²) in [5.41, 5.74) is 12.8. The maximum absolute atomic E-state index is 12.4. The first-order valence-electron chi connectivity index (χ1n) is 9.94. The van der Waals surface area contributed by atoms with Crippen LogP contribution in [0.5, 0.6) is 0 Å². The van der Waals surface area contributed by atoms with Crippen molar-refractivity contribution in [2.45, 2.75) is 37.6 Å². The molecule has 2 aromatic rings. The first-order chi connectivity index (χ1) is 14.6. The molecule has 0 fully saturated rings. The first kappa shape index (κ1) is 21.2. The number of carbonyl (C=O) groups is 2.